The maximum atomic E-state index is 12.2. The monoisotopic (exact) mass is 502 g/mol. The van der Waals surface area contributed by atoms with Crippen LogP contribution in [0, 0.1) is 0 Å². The zero-order valence-corrected chi connectivity index (χ0v) is 21.1. The molecule has 6 nitrogen and oxygen atoms in total. The van der Waals surface area contributed by atoms with E-state index in [0.717, 1.165) is 48.2 Å². The molecule has 0 heterocycles. The molecule has 0 aromatic heterocycles. The minimum atomic E-state index is -4.47. The lowest BCUT2D eigenvalue weighted by atomic mass is 9.83. The van der Waals surface area contributed by atoms with E-state index in [2.05, 4.69) is 16.3 Å². The second-order valence-electron chi connectivity index (χ2n) is 7.92. The molecule has 0 fully saturated rings. The summed E-state index contributed by atoms with van der Waals surface area (Å²) >= 11 is 7.52. The minimum absolute atomic E-state index is 0.00234. The summed E-state index contributed by atoms with van der Waals surface area (Å²) in [7, 11) is -4.47. The SMILES string of the molecule is CCC(CC(C)c1ccc(C(CC)CC)c(S(=O)(=O)O)c1Cl)c1cccc(SOOO)c1. The fraction of sp³-hybridized carbons (Fsp3) is 0.478. The molecule has 0 saturated heterocycles. The van der Waals surface area contributed by atoms with E-state index in [1.807, 2.05) is 51.1 Å². The average Bonchev–Trinajstić information content (AvgIpc) is 2.76. The van der Waals surface area contributed by atoms with Gasteiger partial charge in [0.2, 0.25) is 0 Å². The van der Waals surface area contributed by atoms with Gasteiger partial charge in [0.25, 0.3) is 10.1 Å². The Bertz CT molecular complexity index is 992. The predicted octanol–water partition coefficient (Wildman–Crippen LogP) is 7.61. The van der Waals surface area contributed by atoms with Gasteiger partial charge in [-0.2, -0.15) is 8.42 Å². The predicted molar refractivity (Wildman–Crippen MR) is 128 cm³/mol. The van der Waals surface area contributed by atoms with E-state index >= 15 is 0 Å². The molecule has 2 rings (SSSR count). The normalized spacial score (nSPS) is 14.0. The number of hydrogen-bond acceptors (Lipinski definition) is 6. The van der Waals surface area contributed by atoms with Gasteiger partial charge in [0.1, 0.15) is 4.90 Å². The van der Waals surface area contributed by atoms with E-state index in [4.69, 9.17) is 16.9 Å². The third kappa shape index (κ3) is 6.70. The molecular formula is C23H31ClO6S2. The summed E-state index contributed by atoms with van der Waals surface area (Å²) in [5.74, 6) is 0.143. The fourth-order valence-corrected chi connectivity index (χ4v) is 6.20. The highest BCUT2D eigenvalue weighted by atomic mass is 35.5. The van der Waals surface area contributed by atoms with Gasteiger partial charge < -0.3 is 0 Å². The van der Waals surface area contributed by atoms with Crippen molar-refractivity contribution in [1.82, 2.24) is 0 Å². The van der Waals surface area contributed by atoms with Crippen LogP contribution >= 0.6 is 23.6 Å². The summed E-state index contributed by atoms with van der Waals surface area (Å²) in [6.45, 7) is 8.08. The molecule has 2 unspecified atom stereocenters. The van der Waals surface area contributed by atoms with Crippen LogP contribution in [0.3, 0.4) is 0 Å². The van der Waals surface area contributed by atoms with Crippen LogP contribution in [0.5, 0.6) is 0 Å². The molecule has 0 radical (unpaired) electrons. The summed E-state index contributed by atoms with van der Waals surface area (Å²) in [5.41, 5.74) is 2.36. The smallest absolute Gasteiger partial charge is 0.282 e. The van der Waals surface area contributed by atoms with Crippen molar-refractivity contribution in [2.45, 2.75) is 80.9 Å². The van der Waals surface area contributed by atoms with Crippen LogP contribution in [-0.4, -0.2) is 18.2 Å². The van der Waals surface area contributed by atoms with E-state index in [1.165, 1.54) is 0 Å². The van der Waals surface area contributed by atoms with Gasteiger partial charge in [-0.3, -0.25) is 4.55 Å². The first-order valence-corrected chi connectivity index (χ1v) is 13.3. The van der Waals surface area contributed by atoms with Crippen LogP contribution in [0.1, 0.15) is 87.8 Å². The van der Waals surface area contributed by atoms with Crippen molar-refractivity contribution in [3.05, 3.63) is 58.1 Å². The van der Waals surface area contributed by atoms with Gasteiger partial charge in [-0.15, -0.1) is 4.33 Å². The first-order valence-electron chi connectivity index (χ1n) is 10.7. The Morgan fingerprint density at radius 2 is 1.66 bits per heavy atom. The molecule has 9 heteroatoms. The standard InChI is InChI=1S/C23H31ClO6S2/c1-5-16(6-2)21-12-11-20(22(24)23(21)32(26,27)28)15(4)13-17(7-3)18-9-8-10-19(14-18)31-30-29-25/h8-12,14-17,25H,5-7,13H2,1-4H3,(H,26,27,28). The van der Waals surface area contributed by atoms with Crippen LogP contribution in [0.15, 0.2) is 46.2 Å². The van der Waals surface area contributed by atoms with Crippen LogP contribution in [0.2, 0.25) is 5.02 Å². The molecule has 0 aliphatic heterocycles. The first-order chi connectivity index (χ1) is 15.2. The summed E-state index contributed by atoms with van der Waals surface area (Å²) < 4.78 is 38.9. The number of benzene rings is 2. The van der Waals surface area contributed by atoms with Gasteiger partial charge in [-0.1, -0.05) is 68.6 Å². The Kier molecular flexibility index (Phi) is 10.5. The van der Waals surface area contributed by atoms with Gasteiger partial charge in [-0.05, 0) is 72.3 Å². The van der Waals surface area contributed by atoms with E-state index in [1.54, 1.807) is 6.07 Å². The van der Waals surface area contributed by atoms with Crippen LogP contribution in [0.25, 0.3) is 0 Å². The molecule has 0 saturated carbocycles. The Morgan fingerprint density at radius 1 is 1.03 bits per heavy atom. The van der Waals surface area contributed by atoms with Crippen molar-refractivity contribution in [2.75, 3.05) is 0 Å². The minimum Gasteiger partial charge on any atom is -0.282 e. The highest BCUT2D eigenvalue weighted by Crippen LogP contribution is 2.41. The van der Waals surface area contributed by atoms with Crippen LogP contribution < -0.4 is 0 Å². The summed E-state index contributed by atoms with van der Waals surface area (Å²) in [6, 6.07) is 11.4. The van der Waals surface area contributed by atoms with Gasteiger partial charge in [0.15, 0.2) is 0 Å². The molecule has 2 N–H and O–H groups in total. The Balaban J connectivity index is 2.39. The van der Waals surface area contributed by atoms with Crippen molar-refractivity contribution in [2.24, 2.45) is 0 Å². The van der Waals surface area contributed by atoms with Crippen molar-refractivity contribution in [3.8, 4) is 0 Å². The Hall–Kier alpha value is -1.13. The van der Waals surface area contributed by atoms with Gasteiger partial charge in [-0.25, -0.2) is 5.26 Å². The molecule has 32 heavy (non-hydrogen) atoms. The molecule has 0 amide bonds. The zero-order valence-electron chi connectivity index (χ0n) is 18.7. The zero-order chi connectivity index (χ0) is 23.9. The highest BCUT2D eigenvalue weighted by molar-refractivity contribution is 7.94. The quantitative estimate of drug-likeness (QED) is 0.133. The molecule has 0 aliphatic rings. The lowest BCUT2D eigenvalue weighted by Crippen LogP contribution is -2.11. The van der Waals surface area contributed by atoms with Gasteiger partial charge in [0, 0.05) is 4.90 Å². The average molecular weight is 503 g/mol. The summed E-state index contributed by atoms with van der Waals surface area (Å²) in [5, 5.41) is 12.1. The van der Waals surface area contributed by atoms with Crippen molar-refractivity contribution in [1.29, 1.82) is 0 Å². The number of halogens is 1. The maximum Gasteiger partial charge on any atom is 0.296 e. The van der Waals surface area contributed by atoms with Crippen LogP contribution in [0.4, 0.5) is 0 Å². The van der Waals surface area contributed by atoms with E-state index in [0.29, 0.717) is 11.1 Å². The maximum absolute atomic E-state index is 12.2. The number of hydrogen-bond donors (Lipinski definition) is 2. The summed E-state index contributed by atoms with van der Waals surface area (Å²) in [6.07, 6.45) is 3.10. The van der Waals surface area contributed by atoms with Gasteiger partial charge in [0.05, 0.1) is 17.1 Å². The second-order valence-corrected chi connectivity index (χ2v) is 10.4. The number of rotatable bonds is 12. The molecule has 2 atom stereocenters. The Labute approximate surface area is 200 Å². The molecule has 2 aromatic carbocycles. The van der Waals surface area contributed by atoms with Crippen LogP contribution in [-0.2, 0) is 19.5 Å². The lowest BCUT2D eigenvalue weighted by molar-refractivity contribution is -0.432. The first kappa shape index (κ1) is 27.1. The molecule has 0 aliphatic carbocycles. The third-order valence-electron chi connectivity index (χ3n) is 5.99. The molecule has 178 valence electrons. The van der Waals surface area contributed by atoms with Crippen molar-refractivity contribution in [3.63, 3.8) is 0 Å². The topological polar surface area (TPSA) is 93.1 Å². The summed E-state index contributed by atoms with van der Waals surface area (Å²) in [4.78, 5) is 0.619. The van der Waals surface area contributed by atoms with E-state index in [-0.39, 0.29) is 27.7 Å². The Morgan fingerprint density at radius 3 is 2.22 bits per heavy atom. The van der Waals surface area contributed by atoms with E-state index < -0.39 is 10.1 Å². The molecule has 0 spiro atoms. The lowest BCUT2D eigenvalue weighted by Gasteiger charge is -2.24. The fourth-order valence-electron chi connectivity index (χ4n) is 4.25. The molecule has 0 bridgehead atoms. The van der Waals surface area contributed by atoms with E-state index in [9.17, 15) is 13.0 Å². The largest absolute Gasteiger partial charge is 0.296 e. The third-order valence-corrected chi connectivity index (χ3v) is 8.04. The van der Waals surface area contributed by atoms with Crippen molar-refractivity contribution >= 4 is 33.8 Å². The molecule has 2 aromatic rings. The molecular weight excluding hydrogens is 472 g/mol. The highest BCUT2D eigenvalue weighted by Gasteiger charge is 2.28. The second kappa shape index (κ2) is 12.4. The van der Waals surface area contributed by atoms with Crippen molar-refractivity contribution < 1.29 is 27.6 Å². The van der Waals surface area contributed by atoms with Gasteiger partial charge >= 0.3 is 0 Å².